The van der Waals surface area contributed by atoms with Crippen LogP contribution in [0.4, 0.5) is 0 Å². The van der Waals surface area contributed by atoms with Crippen LogP contribution in [0.15, 0.2) is 48.5 Å². The second-order valence-electron chi connectivity index (χ2n) is 9.68. The summed E-state index contributed by atoms with van der Waals surface area (Å²) in [4.78, 5) is 26.6. The van der Waals surface area contributed by atoms with Gasteiger partial charge in [-0.2, -0.15) is 0 Å². The van der Waals surface area contributed by atoms with Gasteiger partial charge in [0.15, 0.2) is 9.84 Å². The predicted molar refractivity (Wildman–Crippen MR) is 135 cm³/mol. The van der Waals surface area contributed by atoms with Crippen molar-refractivity contribution < 1.29 is 27.9 Å². The molecule has 1 fully saturated rings. The van der Waals surface area contributed by atoms with E-state index in [1.807, 2.05) is 0 Å². The number of halogens is 2. The Bertz CT molecular complexity index is 1190. The number of carbonyl (C=O) groups excluding carboxylic acids is 1. The molecule has 1 aliphatic rings. The monoisotopic (exact) mass is 541 g/mol. The van der Waals surface area contributed by atoms with Gasteiger partial charge in [-0.05, 0) is 63.1 Å². The number of benzene rings is 2. The normalized spacial score (nSPS) is 22.2. The third kappa shape index (κ3) is 6.17. The minimum absolute atomic E-state index is 0.297. The van der Waals surface area contributed by atoms with Crippen molar-refractivity contribution in [3.8, 4) is 0 Å². The van der Waals surface area contributed by atoms with E-state index in [0.717, 1.165) is 0 Å². The molecule has 1 heterocycles. The van der Waals surface area contributed by atoms with Crippen molar-refractivity contribution >= 4 is 44.9 Å². The number of hydrogen-bond donors (Lipinski definition) is 1. The zero-order chi connectivity index (χ0) is 26.1. The molecule has 0 aromatic heterocycles. The first kappa shape index (κ1) is 27.5. The number of sulfone groups is 1. The molecule has 1 amide bonds. The van der Waals surface area contributed by atoms with Crippen LogP contribution < -0.4 is 0 Å². The summed E-state index contributed by atoms with van der Waals surface area (Å²) in [5, 5.41) is 10.4. The lowest BCUT2D eigenvalue weighted by molar-refractivity contribution is -0.182. The number of aliphatic carboxylic acids is 1. The van der Waals surface area contributed by atoms with E-state index in [0.29, 0.717) is 21.2 Å². The van der Waals surface area contributed by atoms with Crippen LogP contribution in [0.25, 0.3) is 0 Å². The van der Waals surface area contributed by atoms with Crippen LogP contribution in [-0.2, 0) is 24.2 Å². The van der Waals surface area contributed by atoms with Crippen LogP contribution in [0, 0.1) is 0 Å². The fraction of sp³-hybridized carbons (Fsp3) is 0.440. The van der Waals surface area contributed by atoms with Gasteiger partial charge in [0, 0.05) is 16.1 Å². The van der Waals surface area contributed by atoms with Gasteiger partial charge in [0.25, 0.3) is 5.91 Å². The molecule has 0 bridgehead atoms. The Morgan fingerprint density at radius 1 is 1.09 bits per heavy atom. The molecule has 0 spiro atoms. The third-order valence-corrected chi connectivity index (χ3v) is 9.32. The van der Waals surface area contributed by atoms with Gasteiger partial charge >= 0.3 is 5.97 Å². The van der Waals surface area contributed by atoms with E-state index in [2.05, 4.69) is 0 Å². The number of nitrogens with zero attached hydrogens (tertiary/aromatic N) is 1. The molecule has 10 heteroatoms. The van der Waals surface area contributed by atoms with Crippen molar-refractivity contribution in [2.75, 3.05) is 5.75 Å². The van der Waals surface area contributed by atoms with Crippen LogP contribution in [0.2, 0.25) is 10.0 Å². The highest BCUT2D eigenvalue weighted by Crippen LogP contribution is 2.44. The highest BCUT2D eigenvalue weighted by atomic mass is 35.5. The number of hydrogen-bond acceptors (Lipinski definition) is 5. The molecule has 0 radical (unpaired) electrons. The second kappa shape index (κ2) is 10.5. The van der Waals surface area contributed by atoms with E-state index in [-0.39, 0.29) is 5.75 Å². The Balaban J connectivity index is 2.17. The third-order valence-electron chi connectivity index (χ3n) is 6.04. The van der Waals surface area contributed by atoms with Gasteiger partial charge in [-0.15, -0.1) is 0 Å². The summed E-state index contributed by atoms with van der Waals surface area (Å²) < 4.78 is 31.2. The second-order valence-corrected chi connectivity index (χ2v) is 13.3. The molecule has 1 aliphatic heterocycles. The van der Waals surface area contributed by atoms with Gasteiger partial charge in [-0.1, -0.05) is 47.5 Å². The van der Waals surface area contributed by atoms with E-state index in [1.165, 1.54) is 4.90 Å². The summed E-state index contributed by atoms with van der Waals surface area (Å²) >= 11 is 12.3. The quantitative estimate of drug-likeness (QED) is 0.524. The molecule has 2 aromatic carbocycles. The molecule has 4 atom stereocenters. The number of rotatable bonds is 7. The van der Waals surface area contributed by atoms with Crippen LogP contribution in [-0.4, -0.2) is 52.9 Å². The molecule has 0 saturated carbocycles. The van der Waals surface area contributed by atoms with E-state index in [4.69, 9.17) is 27.9 Å². The topological polar surface area (TPSA) is 101 Å². The van der Waals surface area contributed by atoms with E-state index < -0.39 is 57.2 Å². The molecule has 35 heavy (non-hydrogen) atoms. The number of carbonyl (C=O) groups is 2. The van der Waals surface area contributed by atoms with Crippen LogP contribution in [0.3, 0.4) is 0 Å². The summed E-state index contributed by atoms with van der Waals surface area (Å²) in [6.07, 6.45) is -2.64. The lowest BCUT2D eigenvalue weighted by Crippen LogP contribution is -2.56. The lowest BCUT2D eigenvalue weighted by Gasteiger charge is -2.47. The molecule has 1 saturated heterocycles. The van der Waals surface area contributed by atoms with E-state index >= 15 is 0 Å². The molecular weight excluding hydrogens is 513 g/mol. The predicted octanol–water partition coefficient (Wildman–Crippen LogP) is 5.08. The first-order valence-corrected chi connectivity index (χ1v) is 13.5. The molecule has 2 aromatic rings. The van der Waals surface area contributed by atoms with Gasteiger partial charge < -0.3 is 14.7 Å². The zero-order valence-corrected chi connectivity index (χ0v) is 22.3. The first-order valence-electron chi connectivity index (χ1n) is 11.1. The van der Waals surface area contributed by atoms with Crippen molar-refractivity contribution in [3.05, 3.63) is 69.7 Å². The summed E-state index contributed by atoms with van der Waals surface area (Å²) in [5.41, 5.74) is 1.30. The average molecular weight is 542 g/mol. The van der Waals surface area contributed by atoms with Gasteiger partial charge in [0.2, 0.25) is 0 Å². The minimum atomic E-state index is -3.60. The number of ether oxygens (including phenoxy) is 1. The number of amides is 1. The Morgan fingerprint density at radius 2 is 1.71 bits per heavy atom. The fourth-order valence-corrected chi connectivity index (χ4v) is 5.75. The molecular formula is C25H29Cl2NO6S. The maximum absolute atomic E-state index is 13.6. The lowest BCUT2D eigenvalue weighted by atomic mass is 9.90. The Hall–Kier alpha value is -2.13. The molecule has 7 nitrogen and oxygen atoms in total. The summed E-state index contributed by atoms with van der Waals surface area (Å²) in [7, 11) is -3.60. The fourth-order valence-electron chi connectivity index (χ4n) is 4.13. The summed E-state index contributed by atoms with van der Waals surface area (Å²) in [5.74, 6) is -2.08. The van der Waals surface area contributed by atoms with Gasteiger partial charge in [-0.25, -0.2) is 8.42 Å². The van der Waals surface area contributed by atoms with Crippen molar-refractivity contribution in [3.63, 3.8) is 0 Å². The first-order chi connectivity index (χ1) is 16.2. The van der Waals surface area contributed by atoms with Gasteiger partial charge in [-0.3, -0.25) is 9.59 Å². The van der Waals surface area contributed by atoms with Gasteiger partial charge in [0.05, 0.1) is 23.0 Å². The summed E-state index contributed by atoms with van der Waals surface area (Å²) in [6.45, 7) is 6.47. The van der Waals surface area contributed by atoms with Crippen molar-refractivity contribution in [1.82, 2.24) is 4.90 Å². The largest absolute Gasteiger partial charge is 0.481 e. The smallest absolute Gasteiger partial charge is 0.306 e. The molecule has 190 valence electrons. The highest BCUT2D eigenvalue weighted by Gasteiger charge is 2.47. The SMILES string of the molecule is C[C@@H](CS(=O)(=O)C(C)(C)C)N1C(=O)[C@H](CC(=O)O)O[C@H](c2cccc(Cl)c2)[C@H]1c1ccc(Cl)cc1. The van der Waals surface area contributed by atoms with Crippen LogP contribution in [0.5, 0.6) is 0 Å². The van der Waals surface area contributed by atoms with Crippen LogP contribution >= 0.6 is 23.2 Å². The van der Waals surface area contributed by atoms with Crippen LogP contribution in [0.1, 0.15) is 57.4 Å². The zero-order valence-electron chi connectivity index (χ0n) is 19.9. The molecule has 0 aliphatic carbocycles. The Labute approximate surface area is 215 Å². The average Bonchev–Trinajstić information content (AvgIpc) is 2.74. The highest BCUT2D eigenvalue weighted by molar-refractivity contribution is 7.92. The molecule has 0 unspecified atom stereocenters. The standard InChI is InChI=1S/C25H29Cl2NO6S/c1-15(14-35(32,33)25(2,3)4)28-22(16-8-10-18(26)11-9-16)23(17-6-5-7-19(27)12-17)34-20(24(28)31)13-21(29)30/h5-12,15,20,22-23H,13-14H2,1-4H3,(H,29,30)/t15-,20-,22+,23+/m0/s1. The number of morpholine rings is 1. The minimum Gasteiger partial charge on any atom is -0.481 e. The van der Waals surface area contributed by atoms with Crippen molar-refractivity contribution in [2.24, 2.45) is 0 Å². The number of carboxylic acid groups (broad SMARTS) is 1. The molecule has 1 N–H and O–H groups in total. The Morgan fingerprint density at radius 3 is 2.26 bits per heavy atom. The van der Waals surface area contributed by atoms with E-state index in [1.54, 1.807) is 76.2 Å². The van der Waals surface area contributed by atoms with Crippen molar-refractivity contribution in [2.45, 2.75) is 63.2 Å². The number of carboxylic acids is 1. The van der Waals surface area contributed by atoms with Crippen molar-refractivity contribution in [1.29, 1.82) is 0 Å². The summed E-state index contributed by atoms with van der Waals surface area (Å²) in [6, 6.07) is 12.2. The van der Waals surface area contributed by atoms with Gasteiger partial charge in [0.1, 0.15) is 12.2 Å². The van der Waals surface area contributed by atoms with E-state index in [9.17, 15) is 23.1 Å². The maximum atomic E-state index is 13.6. The molecule has 3 rings (SSSR count). The Kier molecular flexibility index (Phi) is 8.21. The maximum Gasteiger partial charge on any atom is 0.306 e.